The molecule has 0 bridgehead atoms. The van der Waals surface area contributed by atoms with Crippen LogP contribution in [0, 0.1) is 13.8 Å². The topological polar surface area (TPSA) is 79.3 Å². The summed E-state index contributed by atoms with van der Waals surface area (Å²) in [5.41, 5.74) is 3.02. The summed E-state index contributed by atoms with van der Waals surface area (Å²) in [6.45, 7) is 3.63. The molecule has 1 aromatic carbocycles. The molecule has 6 heteroatoms. The third kappa shape index (κ3) is 3.66. The van der Waals surface area contributed by atoms with Crippen molar-refractivity contribution in [2.45, 2.75) is 31.9 Å². The van der Waals surface area contributed by atoms with Crippen LogP contribution in [0.3, 0.4) is 0 Å². The van der Waals surface area contributed by atoms with Gasteiger partial charge in [0.2, 0.25) is 10.0 Å². The van der Waals surface area contributed by atoms with E-state index in [0.29, 0.717) is 11.1 Å². The summed E-state index contributed by atoms with van der Waals surface area (Å²) in [4.78, 5) is 4.19. The summed E-state index contributed by atoms with van der Waals surface area (Å²) in [6, 6.07) is 6.73. The molecule has 0 fully saturated rings. The smallest absolute Gasteiger partial charge is 0.241 e. The van der Waals surface area contributed by atoms with Crippen molar-refractivity contribution in [1.29, 1.82) is 0 Å². The second-order valence-electron chi connectivity index (χ2n) is 4.88. The van der Waals surface area contributed by atoms with Crippen LogP contribution in [-0.2, 0) is 23.2 Å². The summed E-state index contributed by atoms with van der Waals surface area (Å²) in [5, 5.41) is 9.14. The summed E-state index contributed by atoms with van der Waals surface area (Å²) in [7, 11) is -3.63. The lowest BCUT2D eigenvalue weighted by atomic mass is 10.2. The van der Waals surface area contributed by atoms with Gasteiger partial charge in [0.25, 0.3) is 0 Å². The van der Waals surface area contributed by atoms with Crippen molar-refractivity contribution >= 4 is 10.0 Å². The van der Waals surface area contributed by atoms with E-state index in [9.17, 15) is 8.42 Å². The summed E-state index contributed by atoms with van der Waals surface area (Å²) < 4.78 is 27.4. The highest BCUT2D eigenvalue weighted by Gasteiger charge is 2.17. The Bertz CT molecular complexity index is 742. The number of aromatic nitrogens is 1. The minimum atomic E-state index is -3.63. The Labute approximate surface area is 124 Å². The maximum absolute atomic E-state index is 12.4. The first-order valence-corrected chi connectivity index (χ1v) is 8.02. The number of aliphatic hydroxyl groups is 1. The molecule has 21 heavy (non-hydrogen) atoms. The zero-order chi connectivity index (χ0) is 15.5. The van der Waals surface area contributed by atoms with E-state index in [1.807, 2.05) is 13.0 Å². The van der Waals surface area contributed by atoms with Crippen LogP contribution in [0.25, 0.3) is 0 Å². The molecule has 0 atom stereocenters. The molecule has 5 nitrogen and oxygen atoms in total. The van der Waals surface area contributed by atoms with E-state index < -0.39 is 10.0 Å². The highest BCUT2D eigenvalue weighted by atomic mass is 32.2. The van der Waals surface area contributed by atoms with Crippen LogP contribution in [0.1, 0.15) is 22.3 Å². The number of sulfonamides is 1. The standard InChI is InChI=1S/C15H18N2O3S/c1-11-5-6-16-8-14(11)9-17-21(19,20)15-7-13(10-18)4-3-12(15)2/h3-8,17-18H,9-10H2,1-2H3. The highest BCUT2D eigenvalue weighted by Crippen LogP contribution is 2.17. The van der Waals surface area contributed by atoms with Crippen LogP contribution in [-0.4, -0.2) is 18.5 Å². The SMILES string of the molecule is Cc1ccncc1CNS(=O)(=O)c1cc(CO)ccc1C. The van der Waals surface area contributed by atoms with Gasteiger partial charge in [-0.05, 0) is 48.2 Å². The Balaban J connectivity index is 2.25. The average molecular weight is 306 g/mol. The van der Waals surface area contributed by atoms with Gasteiger partial charge in [-0.2, -0.15) is 0 Å². The fourth-order valence-electron chi connectivity index (χ4n) is 1.96. The number of hydrogen-bond acceptors (Lipinski definition) is 4. The zero-order valence-electron chi connectivity index (χ0n) is 12.0. The number of pyridine rings is 1. The molecule has 0 radical (unpaired) electrons. The molecular formula is C15H18N2O3S. The minimum absolute atomic E-state index is 0.185. The first-order chi connectivity index (χ1) is 9.94. The third-order valence-corrected chi connectivity index (χ3v) is 4.87. The van der Waals surface area contributed by atoms with Gasteiger partial charge in [-0.1, -0.05) is 12.1 Å². The zero-order valence-corrected chi connectivity index (χ0v) is 12.8. The van der Waals surface area contributed by atoms with E-state index in [1.165, 1.54) is 6.07 Å². The Morgan fingerprint density at radius 3 is 2.62 bits per heavy atom. The van der Waals surface area contributed by atoms with Gasteiger partial charge in [0.1, 0.15) is 0 Å². The van der Waals surface area contributed by atoms with Crippen LogP contribution in [0.2, 0.25) is 0 Å². The molecule has 2 aromatic rings. The Hall–Kier alpha value is -1.76. The van der Waals surface area contributed by atoms with Gasteiger partial charge in [0.05, 0.1) is 11.5 Å². The van der Waals surface area contributed by atoms with Crippen molar-refractivity contribution in [3.8, 4) is 0 Å². The summed E-state index contributed by atoms with van der Waals surface area (Å²) in [6.07, 6.45) is 3.32. The van der Waals surface area contributed by atoms with Gasteiger partial charge in [0.15, 0.2) is 0 Å². The van der Waals surface area contributed by atoms with E-state index in [0.717, 1.165) is 11.1 Å². The lowest BCUT2D eigenvalue weighted by Crippen LogP contribution is -2.24. The van der Waals surface area contributed by atoms with E-state index in [4.69, 9.17) is 5.11 Å². The summed E-state index contributed by atoms with van der Waals surface area (Å²) >= 11 is 0. The quantitative estimate of drug-likeness (QED) is 0.880. The van der Waals surface area contributed by atoms with E-state index in [1.54, 1.807) is 31.5 Å². The van der Waals surface area contributed by atoms with Gasteiger partial charge in [-0.3, -0.25) is 4.98 Å². The molecule has 1 heterocycles. The van der Waals surface area contributed by atoms with Crippen molar-refractivity contribution in [3.63, 3.8) is 0 Å². The van der Waals surface area contributed by atoms with Gasteiger partial charge >= 0.3 is 0 Å². The molecule has 112 valence electrons. The maximum Gasteiger partial charge on any atom is 0.241 e. The predicted octanol–water partition coefficient (Wildman–Crippen LogP) is 1.67. The second kappa shape index (κ2) is 6.34. The van der Waals surface area contributed by atoms with Gasteiger partial charge in [0, 0.05) is 18.9 Å². The summed E-state index contributed by atoms with van der Waals surface area (Å²) in [5.74, 6) is 0. The number of aryl methyl sites for hydroxylation is 2. The Kier molecular flexibility index (Phi) is 4.72. The number of nitrogens with zero attached hydrogens (tertiary/aromatic N) is 1. The third-order valence-electron chi connectivity index (χ3n) is 3.32. The van der Waals surface area contributed by atoms with E-state index in [-0.39, 0.29) is 18.0 Å². The number of nitrogens with one attached hydrogen (secondary N) is 1. The van der Waals surface area contributed by atoms with Crippen LogP contribution < -0.4 is 4.72 Å². The molecule has 0 aliphatic rings. The normalized spacial score (nSPS) is 11.6. The molecule has 1 aromatic heterocycles. The van der Waals surface area contributed by atoms with Gasteiger partial charge < -0.3 is 5.11 Å². The van der Waals surface area contributed by atoms with Crippen molar-refractivity contribution < 1.29 is 13.5 Å². The Morgan fingerprint density at radius 1 is 1.19 bits per heavy atom. The van der Waals surface area contributed by atoms with E-state index >= 15 is 0 Å². The molecule has 2 rings (SSSR count). The molecule has 0 saturated heterocycles. The fraction of sp³-hybridized carbons (Fsp3) is 0.267. The van der Waals surface area contributed by atoms with Crippen molar-refractivity contribution in [3.05, 3.63) is 58.9 Å². The first-order valence-electron chi connectivity index (χ1n) is 6.53. The maximum atomic E-state index is 12.4. The first kappa shape index (κ1) is 15.6. The van der Waals surface area contributed by atoms with Gasteiger partial charge in [-0.15, -0.1) is 0 Å². The molecule has 0 amide bonds. The lowest BCUT2D eigenvalue weighted by molar-refractivity contribution is 0.281. The van der Waals surface area contributed by atoms with Crippen molar-refractivity contribution in [1.82, 2.24) is 9.71 Å². The second-order valence-corrected chi connectivity index (χ2v) is 6.62. The fourth-order valence-corrected chi connectivity index (χ4v) is 3.26. The number of aliphatic hydroxyl groups excluding tert-OH is 1. The van der Waals surface area contributed by atoms with Crippen LogP contribution in [0.5, 0.6) is 0 Å². The van der Waals surface area contributed by atoms with Crippen molar-refractivity contribution in [2.75, 3.05) is 0 Å². The molecular weight excluding hydrogens is 288 g/mol. The number of hydrogen-bond donors (Lipinski definition) is 2. The average Bonchev–Trinajstić information content (AvgIpc) is 2.47. The predicted molar refractivity (Wildman–Crippen MR) is 80.1 cm³/mol. The molecule has 0 aliphatic carbocycles. The molecule has 0 unspecified atom stereocenters. The van der Waals surface area contributed by atoms with Crippen LogP contribution >= 0.6 is 0 Å². The van der Waals surface area contributed by atoms with Crippen molar-refractivity contribution in [2.24, 2.45) is 0 Å². The molecule has 0 aliphatic heterocycles. The monoisotopic (exact) mass is 306 g/mol. The largest absolute Gasteiger partial charge is 0.392 e. The Morgan fingerprint density at radius 2 is 1.95 bits per heavy atom. The van der Waals surface area contributed by atoms with E-state index in [2.05, 4.69) is 9.71 Å². The number of rotatable bonds is 5. The van der Waals surface area contributed by atoms with Crippen LogP contribution in [0.15, 0.2) is 41.6 Å². The van der Waals surface area contributed by atoms with Gasteiger partial charge in [-0.25, -0.2) is 13.1 Å². The lowest BCUT2D eigenvalue weighted by Gasteiger charge is -2.11. The molecule has 2 N–H and O–H groups in total. The minimum Gasteiger partial charge on any atom is -0.392 e. The van der Waals surface area contributed by atoms with Crippen LogP contribution in [0.4, 0.5) is 0 Å². The number of benzene rings is 1. The molecule has 0 spiro atoms. The molecule has 0 saturated carbocycles. The highest BCUT2D eigenvalue weighted by molar-refractivity contribution is 7.89.